The second-order valence-corrected chi connectivity index (χ2v) is 6.45. The third-order valence-corrected chi connectivity index (χ3v) is 5.05. The average Bonchev–Trinajstić information content (AvgIpc) is 3.22. The lowest BCUT2D eigenvalue weighted by atomic mass is 9.86. The van der Waals surface area contributed by atoms with Crippen LogP contribution in [0.2, 0.25) is 0 Å². The molecular weight excluding hydrogens is 326 g/mol. The normalized spacial score (nSPS) is 28.4. The number of aliphatic hydroxyl groups excluding tert-OH is 1. The van der Waals surface area contributed by atoms with Crippen molar-refractivity contribution < 1.29 is 19.8 Å². The summed E-state index contributed by atoms with van der Waals surface area (Å²) in [7, 11) is 0. The molecule has 3 aliphatic heterocycles. The fourth-order valence-electron chi connectivity index (χ4n) is 3.77. The van der Waals surface area contributed by atoms with E-state index in [1.54, 1.807) is 12.5 Å². The lowest BCUT2D eigenvalue weighted by Crippen LogP contribution is -2.59. The maximum atomic E-state index is 12.1. The number of H-pyrrole nitrogens is 1. The van der Waals surface area contributed by atoms with Crippen LogP contribution >= 0.6 is 0 Å². The van der Waals surface area contributed by atoms with E-state index in [0.29, 0.717) is 25.0 Å². The summed E-state index contributed by atoms with van der Waals surface area (Å²) in [6.07, 6.45) is 6.40. The van der Waals surface area contributed by atoms with Gasteiger partial charge < -0.3 is 25.4 Å². The van der Waals surface area contributed by atoms with E-state index in [1.165, 1.54) is 4.90 Å². The summed E-state index contributed by atoms with van der Waals surface area (Å²) in [6, 6.07) is -0.248. The highest BCUT2D eigenvalue weighted by atomic mass is 16.4. The zero-order valence-corrected chi connectivity index (χ0v) is 13.4. The molecule has 5 N–H and O–H groups in total. The van der Waals surface area contributed by atoms with E-state index < -0.39 is 11.9 Å². The Kier molecular flexibility index (Phi) is 3.81. The van der Waals surface area contributed by atoms with Crippen molar-refractivity contribution in [3.8, 4) is 0 Å². The smallest absolute Gasteiger partial charge is 0.352 e. The molecule has 1 fully saturated rings. The number of aromatic amines is 1. The van der Waals surface area contributed by atoms with Crippen molar-refractivity contribution in [1.29, 1.82) is 0 Å². The second kappa shape index (κ2) is 6.01. The number of imidazole rings is 1. The van der Waals surface area contributed by atoms with Crippen LogP contribution in [0.5, 0.6) is 0 Å². The van der Waals surface area contributed by atoms with Crippen LogP contribution in [-0.4, -0.2) is 62.3 Å². The largest absolute Gasteiger partial charge is 0.477 e. The van der Waals surface area contributed by atoms with Crippen LogP contribution in [0, 0.1) is 5.92 Å². The van der Waals surface area contributed by atoms with E-state index in [9.17, 15) is 19.8 Å². The van der Waals surface area contributed by atoms with Crippen molar-refractivity contribution in [2.75, 3.05) is 13.2 Å². The van der Waals surface area contributed by atoms with E-state index >= 15 is 0 Å². The Bertz CT molecular complexity index is 769. The second-order valence-electron chi connectivity index (χ2n) is 6.45. The molecule has 3 atom stereocenters. The van der Waals surface area contributed by atoms with Gasteiger partial charge in [-0.2, -0.15) is 0 Å². The van der Waals surface area contributed by atoms with Gasteiger partial charge in [0.1, 0.15) is 5.70 Å². The molecule has 9 nitrogen and oxygen atoms in total. The van der Waals surface area contributed by atoms with E-state index in [2.05, 4.69) is 20.6 Å². The van der Waals surface area contributed by atoms with Crippen LogP contribution in [0.4, 0.5) is 0 Å². The number of nitrogens with one attached hydrogen (secondary N) is 3. The SMILES string of the molecule is O=C(O)C1=C(C2=CNC(Cc3cnc[nH]3)NC2)CC2C(CO)C(=O)N12. The summed E-state index contributed by atoms with van der Waals surface area (Å²) in [5, 5.41) is 25.4. The first kappa shape index (κ1) is 15.9. The number of carboxylic acid groups (broad SMARTS) is 1. The number of nitrogens with zero attached hydrogens (tertiary/aromatic N) is 2. The van der Waals surface area contributed by atoms with Gasteiger partial charge in [-0.3, -0.25) is 10.1 Å². The molecule has 1 aromatic rings. The van der Waals surface area contributed by atoms with E-state index in [0.717, 1.165) is 11.3 Å². The molecule has 0 aromatic carbocycles. The number of amides is 1. The predicted octanol–water partition coefficient (Wildman–Crippen LogP) is -1.08. The van der Waals surface area contributed by atoms with Crippen LogP contribution in [0.1, 0.15) is 12.1 Å². The fourth-order valence-corrected chi connectivity index (χ4v) is 3.77. The molecule has 0 radical (unpaired) electrons. The lowest BCUT2D eigenvalue weighted by molar-refractivity contribution is -0.157. The zero-order chi connectivity index (χ0) is 17.6. The number of β-lactam (4-membered cyclic amide) rings is 1. The third kappa shape index (κ3) is 2.52. The minimum absolute atomic E-state index is 0.0170. The molecule has 0 spiro atoms. The Labute approximate surface area is 143 Å². The van der Waals surface area contributed by atoms with Crippen LogP contribution < -0.4 is 10.6 Å². The van der Waals surface area contributed by atoms with Gasteiger partial charge in [0, 0.05) is 31.1 Å². The molecule has 3 aliphatic rings. The van der Waals surface area contributed by atoms with Crippen molar-refractivity contribution >= 4 is 11.9 Å². The van der Waals surface area contributed by atoms with Gasteiger partial charge in [0.25, 0.3) is 0 Å². The summed E-state index contributed by atoms with van der Waals surface area (Å²) in [5.74, 6) is -1.91. The Morgan fingerprint density at radius 2 is 2.28 bits per heavy atom. The van der Waals surface area contributed by atoms with Crippen LogP contribution in [0.15, 0.2) is 35.6 Å². The summed E-state index contributed by atoms with van der Waals surface area (Å²) in [5.41, 5.74) is 2.52. The molecule has 1 saturated heterocycles. The standard InChI is InChI=1S/C16H19N5O4/c22-6-11-12-2-10(14(16(24)25)21(12)15(11)23)8-3-18-13(19-4-8)1-9-5-17-7-20-9/h3,5,7,11-13,18-19,22H,1-2,4,6H2,(H,17,20)(H,24,25). The van der Waals surface area contributed by atoms with Gasteiger partial charge >= 0.3 is 5.97 Å². The van der Waals surface area contributed by atoms with E-state index in [1.807, 2.05) is 6.20 Å². The summed E-state index contributed by atoms with van der Waals surface area (Å²) >= 11 is 0. The van der Waals surface area contributed by atoms with Gasteiger partial charge in [0.05, 0.1) is 31.1 Å². The van der Waals surface area contributed by atoms with E-state index in [4.69, 9.17) is 0 Å². The van der Waals surface area contributed by atoms with Gasteiger partial charge in [0.15, 0.2) is 0 Å². The number of rotatable bonds is 5. The number of aliphatic hydroxyl groups is 1. The molecule has 3 unspecified atom stereocenters. The first-order valence-corrected chi connectivity index (χ1v) is 8.16. The van der Waals surface area contributed by atoms with Crippen molar-refractivity contribution in [1.82, 2.24) is 25.5 Å². The molecule has 1 amide bonds. The Hall–Kier alpha value is -2.65. The number of fused-ring (bicyclic) bond motifs is 1. The quantitative estimate of drug-likeness (QED) is 0.429. The van der Waals surface area contributed by atoms with Gasteiger partial charge in [-0.1, -0.05) is 0 Å². The van der Waals surface area contributed by atoms with Crippen LogP contribution in [0.25, 0.3) is 0 Å². The van der Waals surface area contributed by atoms with Crippen molar-refractivity contribution in [2.24, 2.45) is 5.92 Å². The molecule has 4 rings (SSSR count). The number of aliphatic carboxylic acids is 1. The molecule has 0 aliphatic carbocycles. The minimum atomic E-state index is -1.11. The highest BCUT2D eigenvalue weighted by Crippen LogP contribution is 2.44. The topological polar surface area (TPSA) is 131 Å². The Morgan fingerprint density at radius 3 is 2.88 bits per heavy atom. The first-order valence-electron chi connectivity index (χ1n) is 8.16. The molecule has 25 heavy (non-hydrogen) atoms. The Morgan fingerprint density at radius 1 is 1.44 bits per heavy atom. The van der Waals surface area contributed by atoms with E-state index in [-0.39, 0.29) is 30.4 Å². The van der Waals surface area contributed by atoms with Crippen LogP contribution in [-0.2, 0) is 16.0 Å². The van der Waals surface area contributed by atoms with Gasteiger partial charge in [0.2, 0.25) is 5.91 Å². The molecule has 9 heteroatoms. The fraction of sp³-hybridized carbons (Fsp3) is 0.438. The van der Waals surface area contributed by atoms with Gasteiger partial charge in [-0.05, 0) is 17.6 Å². The molecule has 0 bridgehead atoms. The molecular formula is C16H19N5O4. The zero-order valence-electron chi connectivity index (χ0n) is 13.4. The monoisotopic (exact) mass is 345 g/mol. The number of carbonyl (C=O) groups is 2. The number of hydrogen-bond donors (Lipinski definition) is 5. The minimum Gasteiger partial charge on any atom is -0.477 e. The highest BCUT2D eigenvalue weighted by Gasteiger charge is 2.55. The van der Waals surface area contributed by atoms with Crippen molar-refractivity contribution in [3.63, 3.8) is 0 Å². The van der Waals surface area contributed by atoms with Crippen molar-refractivity contribution in [2.45, 2.75) is 25.0 Å². The molecule has 4 heterocycles. The Balaban J connectivity index is 1.52. The summed E-state index contributed by atoms with van der Waals surface area (Å²) < 4.78 is 0. The first-order chi connectivity index (χ1) is 12.1. The lowest BCUT2D eigenvalue weighted by Gasteiger charge is -2.42. The summed E-state index contributed by atoms with van der Waals surface area (Å²) in [6.45, 7) is 0.262. The number of hydrogen-bond acceptors (Lipinski definition) is 6. The molecule has 1 aromatic heterocycles. The highest BCUT2D eigenvalue weighted by molar-refractivity contribution is 6.00. The van der Waals surface area contributed by atoms with Crippen LogP contribution in [0.3, 0.4) is 0 Å². The summed E-state index contributed by atoms with van der Waals surface area (Å²) in [4.78, 5) is 32.1. The maximum absolute atomic E-state index is 12.1. The van der Waals surface area contributed by atoms with Gasteiger partial charge in [-0.25, -0.2) is 9.78 Å². The van der Waals surface area contributed by atoms with Gasteiger partial charge in [-0.15, -0.1) is 0 Å². The molecule has 132 valence electrons. The number of aromatic nitrogens is 2. The third-order valence-electron chi connectivity index (χ3n) is 5.05. The number of carboxylic acids is 1. The van der Waals surface area contributed by atoms with Crippen molar-refractivity contribution in [3.05, 3.63) is 41.3 Å². The predicted molar refractivity (Wildman–Crippen MR) is 85.8 cm³/mol. The maximum Gasteiger partial charge on any atom is 0.352 e. The molecule has 0 saturated carbocycles. The average molecular weight is 345 g/mol. The number of carbonyl (C=O) groups excluding carboxylic acids is 1.